The van der Waals surface area contributed by atoms with Crippen molar-refractivity contribution in [1.29, 1.82) is 0 Å². The fourth-order valence-corrected chi connectivity index (χ4v) is 5.64. The van der Waals surface area contributed by atoms with E-state index >= 15 is 0 Å². The largest absolute Gasteiger partial charge is 0.497 e. The molecule has 0 radical (unpaired) electrons. The van der Waals surface area contributed by atoms with Gasteiger partial charge in [0, 0.05) is 12.1 Å². The van der Waals surface area contributed by atoms with E-state index in [0.717, 1.165) is 54.5 Å². The SMILES string of the molecule is CCc1cc(S(=O)(=O)N[C@H]2CCC[C@@H](n3cnnc3)C2)ccc1-c1ccc(OC)cc1. The molecule has 8 heteroatoms. The Balaban J connectivity index is 1.53. The third-order valence-electron chi connectivity index (χ3n) is 6.00. The van der Waals surface area contributed by atoms with Crippen molar-refractivity contribution < 1.29 is 13.2 Å². The maximum Gasteiger partial charge on any atom is 0.240 e. The van der Waals surface area contributed by atoms with Crippen LogP contribution in [0.25, 0.3) is 11.1 Å². The lowest BCUT2D eigenvalue weighted by atomic mass is 9.91. The molecule has 2 atom stereocenters. The summed E-state index contributed by atoms with van der Waals surface area (Å²) in [5, 5.41) is 7.75. The highest BCUT2D eigenvalue weighted by Gasteiger charge is 2.27. The second-order valence-corrected chi connectivity index (χ2v) is 9.66. The van der Waals surface area contributed by atoms with Crippen LogP contribution in [0.2, 0.25) is 0 Å². The Morgan fingerprint density at radius 3 is 2.52 bits per heavy atom. The van der Waals surface area contributed by atoms with Crippen LogP contribution in [-0.4, -0.2) is 36.3 Å². The lowest BCUT2D eigenvalue weighted by Crippen LogP contribution is -2.38. The molecule has 1 fully saturated rings. The molecule has 31 heavy (non-hydrogen) atoms. The Morgan fingerprint density at radius 1 is 1.10 bits per heavy atom. The number of methoxy groups -OCH3 is 1. The van der Waals surface area contributed by atoms with Crippen LogP contribution >= 0.6 is 0 Å². The Hall–Kier alpha value is -2.71. The molecule has 3 aromatic rings. The molecule has 0 aliphatic heterocycles. The summed E-state index contributed by atoms with van der Waals surface area (Å²) in [6.07, 6.45) is 7.69. The van der Waals surface area contributed by atoms with E-state index in [2.05, 4.69) is 14.9 Å². The number of hydrogen-bond donors (Lipinski definition) is 1. The van der Waals surface area contributed by atoms with E-state index in [0.29, 0.717) is 4.90 Å². The molecule has 1 saturated carbocycles. The molecule has 7 nitrogen and oxygen atoms in total. The van der Waals surface area contributed by atoms with Crippen LogP contribution in [0, 0.1) is 0 Å². The van der Waals surface area contributed by atoms with Crippen LogP contribution in [0.3, 0.4) is 0 Å². The minimum Gasteiger partial charge on any atom is -0.497 e. The van der Waals surface area contributed by atoms with Crippen molar-refractivity contribution >= 4 is 10.0 Å². The minimum absolute atomic E-state index is 0.0995. The van der Waals surface area contributed by atoms with Crippen LogP contribution in [0.5, 0.6) is 5.75 Å². The monoisotopic (exact) mass is 440 g/mol. The van der Waals surface area contributed by atoms with Crippen molar-refractivity contribution in [3.05, 3.63) is 60.7 Å². The van der Waals surface area contributed by atoms with E-state index in [1.807, 2.05) is 41.8 Å². The molecule has 0 bridgehead atoms. The predicted octanol–water partition coefficient (Wildman–Crippen LogP) is 3.98. The van der Waals surface area contributed by atoms with E-state index in [1.165, 1.54) is 0 Å². The summed E-state index contributed by atoms with van der Waals surface area (Å²) in [6, 6.07) is 13.3. The number of benzene rings is 2. The molecule has 1 heterocycles. The molecule has 1 aromatic heterocycles. The number of nitrogens with zero attached hydrogens (tertiary/aromatic N) is 3. The third kappa shape index (κ3) is 4.80. The standard InChI is InChI=1S/C23H28N4O3S/c1-3-17-13-22(11-12-23(17)18-7-9-21(30-2)10-8-18)31(28,29)26-19-5-4-6-20(14-19)27-15-24-25-16-27/h7-13,15-16,19-20,26H,3-6,14H2,1-2H3/t19-,20+/m0/s1. The number of sulfonamides is 1. The molecule has 4 rings (SSSR count). The van der Waals surface area contributed by atoms with Gasteiger partial charge in [0.05, 0.1) is 12.0 Å². The average Bonchev–Trinajstić information content (AvgIpc) is 3.34. The van der Waals surface area contributed by atoms with Gasteiger partial charge in [-0.3, -0.25) is 0 Å². The summed E-state index contributed by atoms with van der Waals surface area (Å²) in [7, 11) is -1.97. The van der Waals surface area contributed by atoms with Gasteiger partial charge >= 0.3 is 0 Å². The van der Waals surface area contributed by atoms with Gasteiger partial charge in [0.15, 0.2) is 0 Å². The van der Waals surface area contributed by atoms with Gasteiger partial charge in [-0.2, -0.15) is 0 Å². The summed E-state index contributed by atoms with van der Waals surface area (Å²) in [5.41, 5.74) is 3.08. The molecular formula is C23H28N4O3S. The molecule has 2 aromatic carbocycles. The van der Waals surface area contributed by atoms with Gasteiger partial charge < -0.3 is 9.30 Å². The highest BCUT2D eigenvalue weighted by atomic mass is 32.2. The lowest BCUT2D eigenvalue weighted by Gasteiger charge is -2.30. The Kier molecular flexibility index (Phi) is 6.38. The normalized spacial score (nSPS) is 19.3. The third-order valence-corrected chi connectivity index (χ3v) is 7.51. The van der Waals surface area contributed by atoms with Gasteiger partial charge in [0.2, 0.25) is 10.0 Å². The van der Waals surface area contributed by atoms with Crippen molar-refractivity contribution in [3.63, 3.8) is 0 Å². The molecular weight excluding hydrogens is 412 g/mol. The number of ether oxygens (including phenoxy) is 1. The minimum atomic E-state index is -3.60. The van der Waals surface area contributed by atoms with Crippen LogP contribution in [0.4, 0.5) is 0 Å². The number of aryl methyl sites for hydroxylation is 1. The summed E-state index contributed by atoms with van der Waals surface area (Å²) in [5.74, 6) is 0.794. The molecule has 0 saturated heterocycles. The maximum atomic E-state index is 13.1. The van der Waals surface area contributed by atoms with Crippen LogP contribution in [-0.2, 0) is 16.4 Å². The number of aromatic nitrogens is 3. The Labute approximate surface area is 183 Å². The van der Waals surface area contributed by atoms with Crippen molar-refractivity contribution in [2.45, 2.75) is 56.0 Å². The highest BCUT2D eigenvalue weighted by Crippen LogP contribution is 2.31. The zero-order chi connectivity index (χ0) is 21.8. The molecule has 0 amide bonds. The summed E-state index contributed by atoms with van der Waals surface area (Å²) in [6.45, 7) is 2.04. The van der Waals surface area contributed by atoms with E-state index in [-0.39, 0.29) is 12.1 Å². The number of rotatable bonds is 7. The van der Waals surface area contributed by atoms with Crippen molar-refractivity contribution in [2.24, 2.45) is 0 Å². The van der Waals surface area contributed by atoms with Gasteiger partial charge in [0.1, 0.15) is 18.4 Å². The van der Waals surface area contributed by atoms with E-state index in [4.69, 9.17) is 4.74 Å². The molecule has 1 N–H and O–H groups in total. The van der Waals surface area contributed by atoms with E-state index < -0.39 is 10.0 Å². The van der Waals surface area contributed by atoms with E-state index in [1.54, 1.807) is 31.9 Å². The predicted molar refractivity (Wildman–Crippen MR) is 119 cm³/mol. The molecule has 1 aliphatic rings. The molecule has 0 spiro atoms. The van der Waals surface area contributed by atoms with E-state index in [9.17, 15) is 8.42 Å². The fraction of sp³-hybridized carbons (Fsp3) is 0.391. The first-order valence-electron chi connectivity index (χ1n) is 10.6. The second-order valence-electron chi connectivity index (χ2n) is 7.95. The summed E-state index contributed by atoms with van der Waals surface area (Å²) < 4.78 is 36.4. The Morgan fingerprint density at radius 2 is 1.84 bits per heavy atom. The molecule has 0 unspecified atom stereocenters. The van der Waals surface area contributed by atoms with Crippen molar-refractivity contribution in [1.82, 2.24) is 19.5 Å². The summed E-state index contributed by atoms with van der Waals surface area (Å²) in [4.78, 5) is 0.313. The average molecular weight is 441 g/mol. The first kappa shape index (κ1) is 21.5. The zero-order valence-corrected chi connectivity index (χ0v) is 18.7. The maximum absolute atomic E-state index is 13.1. The Bertz CT molecular complexity index is 1110. The van der Waals surface area contributed by atoms with Crippen molar-refractivity contribution in [3.8, 4) is 16.9 Å². The van der Waals surface area contributed by atoms with Crippen LogP contribution < -0.4 is 9.46 Å². The van der Waals surface area contributed by atoms with Crippen molar-refractivity contribution in [2.75, 3.05) is 7.11 Å². The quantitative estimate of drug-likeness (QED) is 0.601. The molecule has 164 valence electrons. The number of nitrogens with one attached hydrogen (secondary N) is 1. The first-order valence-corrected chi connectivity index (χ1v) is 12.1. The van der Waals surface area contributed by atoms with Crippen LogP contribution in [0.1, 0.15) is 44.2 Å². The van der Waals surface area contributed by atoms with Gasteiger partial charge in [-0.1, -0.05) is 25.1 Å². The topological polar surface area (TPSA) is 86.1 Å². The summed E-state index contributed by atoms with van der Waals surface area (Å²) >= 11 is 0. The smallest absolute Gasteiger partial charge is 0.240 e. The lowest BCUT2D eigenvalue weighted by molar-refractivity contribution is 0.305. The zero-order valence-electron chi connectivity index (χ0n) is 17.9. The van der Waals surface area contributed by atoms with Gasteiger partial charge in [0.25, 0.3) is 0 Å². The van der Waals surface area contributed by atoms with Gasteiger partial charge in [-0.05, 0) is 73.1 Å². The second kappa shape index (κ2) is 9.20. The molecule has 1 aliphatic carbocycles. The van der Waals surface area contributed by atoms with Gasteiger partial charge in [-0.15, -0.1) is 10.2 Å². The fourth-order valence-electron chi connectivity index (χ4n) is 4.31. The number of hydrogen-bond acceptors (Lipinski definition) is 5. The van der Waals surface area contributed by atoms with Gasteiger partial charge in [-0.25, -0.2) is 13.1 Å². The first-order chi connectivity index (χ1) is 15.0. The highest BCUT2D eigenvalue weighted by molar-refractivity contribution is 7.89. The van der Waals surface area contributed by atoms with Crippen LogP contribution in [0.15, 0.2) is 60.0 Å².